The Morgan fingerprint density at radius 1 is 1.09 bits per heavy atom. The van der Waals surface area contributed by atoms with Crippen LogP contribution in [0.5, 0.6) is 17.2 Å². The summed E-state index contributed by atoms with van der Waals surface area (Å²) in [6.45, 7) is 1.64. The number of para-hydroxylation sites is 1. The van der Waals surface area contributed by atoms with Crippen LogP contribution >= 0.6 is 0 Å². The number of amides is 1. The fraction of sp³-hybridized carbons (Fsp3) is 0.444. The minimum atomic E-state index is -0.815. The number of methoxy groups -OCH3 is 2. The smallest absolute Gasteiger partial charge is 0.303 e. The van der Waals surface area contributed by atoms with E-state index in [1.54, 1.807) is 19.1 Å². The van der Waals surface area contributed by atoms with Crippen LogP contribution in [0, 0.1) is 11.8 Å². The Morgan fingerprint density at radius 3 is 2.54 bits per heavy atom. The molecule has 2 heterocycles. The second-order valence-corrected chi connectivity index (χ2v) is 9.00. The Bertz CT molecular complexity index is 1080. The van der Waals surface area contributed by atoms with E-state index < -0.39 is 5.97 Å². The summed E-state index contributed by atoms with van der Waals surface area (Å²) in [4.78, 5) is 31.1. The number of carboxylic acid groups (broad SMARTS) is 1. The van der Waals surface area contributed by atoms with Gasteiger partial charge in [-0.05, 0) is 60.9 Å². The number of piperidine rings is 1. The molecular weight excluding hydrogens is 448 g/mol. The first-order valence-electron chi connectivity index (χ1n) is 11.9. The lowest BCUT2D eigenvalue weighted by Crippen LogP contribution is -2.46. The Balaban J connectivity index is 1.50. The summed E-state index contributed by atoms with van der Waals surface area (Å²) in [6.07, 6.45) is 2.13. The van der Waals surface area contributed by atoms with Gasteiger partial charge in [-0.25, -0.2) is 0 Å². The number of benzene rings is 2. The number of hydrogen-bond donors (Lipinski definition) is 1. The van der Waals surface area contributed by atoms with Crippen molar-refractivity contribution in [3.8, 4) is 17.2 Å². The van der Waals surface area contributed by atoms with Gasteiger partial charge in [0.2, 0.25) is 0 Å². The molecule has 35 heavy (non-hydrogen) atoms. The molecule has 1 amide bonds. The van der Waals surface area contributed by atoms with Crippen LogP contribution in [-0.2, 0) is 16.0 Å². The number of carbonyl (C=O) groups excluding carboxylic acids is 1. The van der Waals surface area contributed by atoms with Crippen molar-refractivity contribution in [3.05, 3.63) is 53.6 Å². The first kappa shape index (κ1) is 24.6. The molecule has 4 rings (SSSR count). The van der Waals surface area contributed by atoms with Crippen LogP contribution in [-0.4, -0.2) is 68.1 Å². The van der Waals surface area contributed by atoms with Gasteiger partial charge in [0, 0.05) is 37.3 Å². The number of aliphatic imine (C=N–C) groups is 1. The molecule has 2 aliphatic rings. The van der Waals surface area contributed by atoms with Gasteiger partial charge in [0.1, 0.15) is 5.75 Å². The van der Waals surface area contributed by atoms with E-state index in [2.05, 4.69) is 0 Å². The molecule has 0 aliphatic carbocycles. The molecule has 1 fully saturated rings. The lowest BCUT2D eigenvalue weighted by Gasteiger charge is -2.38. The van der Waals surface area contributed by atoms with E-state index >= 15 is 0 Å². The van der Waals surface area contributed by atoms with Crippen molar-refractivity contribution in [3.63, 3.8) is 0 Å². The van der Waals surface area contributed by atoms with Crippen LogP contribution < -0.4 is 14.2 Å². The van der Waals surface area contributed by atoms with Gasteiger partial charge in [0.15, 0.2) is 18.1 Å². The fourth-order valence-corrected chi connectivity index (χ4v) is 5.00. The molecule has 0 spiro atoms. The first-order chi connectivity index (χ1) is 17.0. The predicted octanol–water partition coefficient (Wildman–Crippen LogP) is 3.46. The number of rotatable bonds is 9. The van der Waals surface area contributed by atoms with Crippen molar-refractivity contribution in [2.24, 2.45) is 16.8 Å². The fourth-order valence-electron chi connectivity index (χ4n) is 5.00. The van der Waals surface area contributed by atoms with Crippen LogP contribution in [0.2, 0.25) is 0 Å². The van der Waals surface area contributed by atoms with E-state index in [0.717, 1.165) is 23.3 Å². The van der Waals surface area contributed by atoms with Crippen LogP contribution in [0.4, 0.5) is 0 Å². The zero-order valence-corrected chi connectivity index (χ0v) is 20.2. The highest BCUT2D eigenvalue weighted by Crippen LogP contribution is 2.36. The molecule has 2 aliphatic heterocycles. The summed E-state index contributed by atoms with van der Waals surface area (Å²) < 4.78 is 16.6. The van der Waals surface area contributed by atoms with Gasteiger partial charge in [-0.2, -0.15) is 0 Å². The molecule has 8 heteroatoms. The van der Waals surface area contributed by atoms with Gasteiger partial charge in [-0.3, -0.25) is 14.6 Å². The van der Waals surface area contributed by atoms with Crippen LogP contribution in [0.25, 0.3) is 0 Å². The number of carbonyl (C=O) groups is 2. The molecule has 2 aromatic rings. The Kier molecular flexibility index (Phi) is 7.90. The summed E-state index contributed by atoms with van der Waals surface area (Å²) in [5, 5.41) is 9.50. The molecule has 0 aromatic heterocycles. The van der Waals surface area contributed by atoms with Crippen molar-refractivity contribution >= 4 is 17.6 Å². The zero-order chi connectivity index (χ0) is 24.8. The van der Waals surface area contributed by atoms with Crippen LogP contribution in [0.3, 0.4) is 0 Å². The van der Waals surface area contributed by atoms with Crippen molar-refractivity contribution < 1.29 is 28.9 Å². The lowest BCUT2D eigenvalue weighted by molar-refractivity contribution is -0.140. The predicted molar refractivity (Wildman–Crippen MR) is 132 cm³/mol. The molecule has 8 nitrogen and oxygen atoms in total. The number of aliphatic carboxylic acids is 1. The average Bonchev–Trinajstić information content (AvgIpc) is 2.88. The Hall–Kier alpha value is -3.55. The topological polar surface area (TPSA) is 97.7 Å². The molecule has 0 bridgehead atoms. The quantitative estimate of drug-likeness (QED) is 0.590. The highest BCUT2D eigenvalue weighted by Gasteiger charge is 2.34. The van der Waals surface area contributed by atoms with E-state index in [1.165, 1.54) is 0 Å². The molecule has 0 saturated carbocycles. The van der Waals surface area contributed by atoms with Gasteiger partial charge in [-0.15, -0.1) is 0 Å². The highest BCUT2D eigenvalue weighted by atomic mass is 16.5. The highest BCUT2D eigenvalue weighted by molar-refractivity contribution is 6.03. The summed E-state index contributed by atoms with van der Waals surface area (Å²) in [7, 11) is 3.22. The van der Waals surface area contributed by atoms with E-state index in [9.17, 15) is 14.7 Å². The number of fused-ring (bicyclic) bond motifs is 1. The van der Waals surface area contributed by atoms with E-state index in [1.807, 2.05) is 42.5 Å². The van der Waals surface area contributed by atoms with Gasteiger partial charge < -0.3 is 24.2 Å². The van der Waals surface area contributed by atoms with Crippen LogP contribution in [0.1, 0.15) is 30.4 Å². The molecule has 1 saturated heterocycles. The third-order valence-electron chi connectivity index (χ3n) is 6.85. The SMILES string of the molecule is COc1cc2c(cc1OC)C(C[C@H]1CN(C(=O)COc3ccccc3)CC[C@H]1CC(=O)O)=NCC2. The van der Waals surface area contributed by atoms with Crippen molar-refractivity contribution in [2.45, 2.75) is 25.7 Å². The van der Waals surface area contributed by atoms with Crippen molar-refractivity contribution in [1.29, 1.82) is 0 Å². The first-order valence-corrected chi connectivity index (χ1v) is 11.9. The summed E-state index contributed by atoms with van der Waals surface area (Å²) >= 11 is 0. The van der Waals surface area contributed by atoms with Crippen molar-refractivity contribution in [2.75, 3.05) is 40.5 Å². The normalized spacial score (nSPS) is 19.4. The maximum Gasteiger partial charge on any atom is 0.303 e. The molecule has 2 aromatic carbocycles. The second kappa shape index (κ2) is 11.3. The summed E-state index contributed by atoms with van der Waals surface area (Å²) in [6, 6.07) is 13.2. The zero-order valence-electron chi connectivity index (χ0n) is 20.2. The standard InChI is InChI=1S/C27H32N2O6/c1-33-24-13-19-8-10-28-23(22(19)15-25(24)34-2)12-20-16-29(11-9-18(20)14-27(31)32)26(30)17-35-21-6-4-3-5-7-21/h3-7,13,15,18,20H,8-12,14,16-17H2,1-2H3,(H,31,32)/t18-,20-/m0/s1. The van der Waals surface area contributed by atoms with E-state index in [0.29, 0.717) is 49.7 Å². The molecule has 186 valence electrons. The summed E-state index contributed by atoms with van der Waals surface area (Å²) in [5.41, 5.74) is 3.09. The number of hydrogen-bond acceptors (Lipinski definition) is 6. The number of nitrogens with zero attached hydrogens (tertiary/aromatic N) is 2. The molecule has 2 atom stereocenters. The third kappa shape index (κ3) is 5.93. The minimum absolute atomic E-state index is 0.0154. The van der Waals surface area contributed by atoms with Crippen LogP contribution in [0.15, 0.2) is 47.5 Å². The maximum atomic E-state index is 12.9. The van der Waals surface area contributed by atoms with E-state index in [4.69, 9.17) is 19.2 Å². The van der Waals surface area contributed by atoms with Gasteiger partial charge >= 0.3 is 5.97 Å². The van der Waals surface area contributed by atoms with Gasteiger partial charge in [0.05, 0.1) is 14.2 Å². The molecule has 1 N–H and O–H groups in total. The minimum Gasteiger partial charge on any atom is -0.493 e. The lowest BCUT2D eigenvalue weighted by atomic mass is 9.78. The number of carboxylic acids is 1. The molecular formula is C27H32N2O6. The largest absolute Gasteiger partial charge is 0.493 e. The monoisotopic (exact) mass is 480 g/mol. The Morgan fingerprint density at radius 2 is 1.83 bits per heavy atom. The summed E-state index contributed by atoms with van der Waals surface area (Å²) in [5.74, 6) is 1.02. The van der Waals surface area contributed by atoms with E-state index in [-0.39, 0.29) is 30.8 Å². The van der Waals surface area contributed by atoms with Gasteiger partial charge in [-0.1, -0.05) is 18.2 Å². The molecule has 0 radical (unpaired) electrons. The Labute approximate surface area is 205 Å². The number of likely N-dealkylation sites (tertiary alicyclic amines) is 1. The van der Waals surface area contributed by atoms with Gasteiger partial charge in [0.25, 0.3) is 5.91 Å². The van der Waals surface area contributed by atoms with Crippen molar-refractivity contribution in [1.82, 2.24) is 4.90 Å². The average molecular weight is 481 g/mol. The second-order valence-electron chi connectivity index (χ2n) is 9.00. The number of ether oxygens (including phenoxy) is 3. The molecule has 0 unspecified atom stereocenters. The third-order valence-corrected chi connectivity index (χ3v) is 6.85. The maximum absolute atomic E-state index is 12.9.